The van der Waals surface area contributed by atoms with Gasteiger partial charge in [-0.1, -0.05) is 30.7 Å². The highest BCUT2D eigenvalue weighted by atomic mass is 35.5. The van der Waals surface area contributed by atoms with Gasteiger partial charge in [-0.3, -0.25) is 10.1 Å². The maximum absolute atomic E-state index is 11.0. The van der Waals surface area contributed by atoms with Crippen molar-refractivity contribution >= 4 is 23.0 Å². The first kappa shape index (κ1) is 14.3. The molecule has 0 radical (unpaired) electrons. The first-order valence-corrected chi connectivity index (χ1v) is 6.73. The van der Waals surface area contributed by atoms with E-state index in [9.17, 15) is 10.1 Å². The summed E-state index contributed by atoms with van der Waals surface area (Å²) in [6, 6.07) is 12.6. The summed E-state index contributed by atoms with van der Waals surface area (Å²) in [6.45, 7) is 2.46. The molecular weight excluding hydrogens is 276 g/mol. The number of aryl methyl sites for hydroxylation is 1. The van der Waals surface area contributed by atoms with E-state index in [1.807, 2.05) is 24.3 Å². The molecule has 2 rings (SSSR count). The molecule has 0 aliphatic carbocycles. The molecule has 2 aromatic rings. The van der Waals surface area contributed by atoms with Crippen molar-refractivity contribution in [2.24, 2.45) is 0 Å². The lowest BCUT2D eigenvalue weighted by Crippen LogP contribution is -2.03. The Labute approximate surface area is 122 Å². The van der Waals surface area contributed by atoms with Gasteiger partial charge in [0.25, 0.3) is 5.69 Å². The molecule has 0 bridgehead atoms. The van der Waals surface area contributed by atoms with E-state index in [0.717, 1.165) is 12.1 Å². The van der Waals surface area contributed by atoms with Crippen molar-refractivity contribution < 1.29 is 4.92 Å². The Hall–Kier alpha value is -2.07. The summed E-state index contributed by atoms with van der Waals surface area (Å²) in [5.74, 6) is 0. The number of hydrogen-bond acceptors (Lipinski definition) is 3. The first-order chi connectivity index (χ1) is 9.60. The average Bonchev–Trinajstić information content (AvgIpc) is 2.45. The Morgan fingerprint density at radius 2 is 1.90 bits per heavy atom. The fraction of sp³-hybridized carbons (Fsp3) is 0.200. The standard InChI is InChI=1S/C15H15ClN2O2/c1-2-11-3-6-14(7-4-11)17-10-12-9-13(16)5-8-15(12)18(19)20/h3-9,17H,2,10H2,1H3. The summed E-state index contributed by atoms with van der Waals surface area (Å²) in [5.41, 5.74) is 2.83. The second-order valence-electron chi connectivity index (χ2n) is 4.43. The molecule has 0 amide bonds. The van der Waals surface area contributed by atoms with Crippen LogP contribution in [-0.4, -0.2) is 4.92 Å². The minimum Gasteiger partial charge on any atom is -0.381 e. The highest BCUT2D eigenvalue weighted by Crippen LogP contribution is 2.23. The van der Waals surface area contributed by atoms with Crippen LogP contribution in [0.2, 0.25) is 5.02 Å². The third-order valence-electron chi connectivity index (χ3n) is 3.08. The van der Waals surface area contributed by atoms with Crippen LogP contribution in [-0.2, 0) is 13.0 Å². The molecule has 4 nitrogen and oxygen atoms in total. The van der Waals surface area contributed by atoms with Crippen LogP contribution in [0.3, 0.4) is 0 Å². The molecule has 5 heteroatoms. The summed E-state index contributed by atoms with van der Waals surface area (Å²) in [7, 11) is 0. The van der Waals surface area contributed by atoms with E-state index >= 15 is 0 Å². The molecule has 0 heterocycles. The molecule has 0 saturated carbocycles. The third-order valence-corrected chi connectivity index (χ3v) is 3.32. The van der Waals surface area contributed by atoms with Crippen LogP contribution in [0.4, 0.5) is 11.4 Å². The van der Waals surface area contributed by atoms with E-state index in [1.54, 1.807) is 6.07 Å². The fourth-order valence-corrected chi connectivity index (χ4v) is 2.12. The van der Waals surface area contributed by atoms with Crippen LogP contribution in [0.15, 0.2) is 42.5 Å². The van der Waals surface area contributed by atoms with E-state index in [2.05, 4.69) is 12.2 Å². The molecule has 0 unspecified atom stereocenters. The van der Waals surface area contributed by atoms with E-state index < -0.39 is 4.92 Å². The largest absolute Gasteiger partial charge is 0.381 e. The Morgan fingerprint density at radius 3 is 2.50 bits per heavy atom. The number of rotatable bonds is 5. The van der Waals surface area contributed by atoms with Crippen molar-refractivity contribution in [1.82, 2.24) is 0 Å². The van der Waals surface area contributed by atoms with Gasteiger partial charge in [-0.15, -0.1) is 0 Å². The quantitative estimate of drug-likeness (QED) is 0.655. The molecule has 0 aromatic heterocycles. The Morgan fingerprint density at radius 1 is 1.20 bits per heavy atom. The number of nitrogens with one attached hydrogen (secondary N) is 1. The average molecular weight is 291 g/mol. The smallest absolute Gasteiger partial charge is 0.274 e. The van der Waals surface area contributed by atoms with Crippen molar-refractivity contribution in [1.29, 1.82) is 0 Å². The Balaban J connectivity index is 2.13. The van der Waals surface area contributed by atoms with Gasteiger partial charge in [0.2, 0.25) is 0 Å². The predicted octanol–water partition coefficient (Wildman–Crippen LogP) is 4.42. The normalized spacial score (nSPS) is 10.3. The monoisotopic (exact) mass is 290 g/mol. The summed E-state index contributed by atoms with van der Waals surface area (Å²) in [5, 5.41) is 14.6. The van der Waals surface area contributed by atoms with Gasteiger partial charge >= 0.3 is 0 Å². The lowest BCUT2D eigenvalue weighted by molar-refractivity contribution is -0.385. The number of nitro groups is 1. The van der Waals surface area contributed by atoms with Crippen LogP contribution in [0.1, 0.15) is 18.1 Å². The zero-order valence-corrected chi connectivity index (χ0v) is 11.9. The van der Waals surface area contributed by atoms with Crippen molar-refractivity contribution in [3.63, 3.8) is 0 Å². The van der Waals surface area contributed by atoms with Gasteiger partial charge in [0.05, 0.1) is 10.5 Å². The second-order valence-corrected chi connectivity index (χ2v) is 4.87. The minimum absolute atomic E-state index is 0.0760. The molecular formula is C15H15ClN2O2. The van der Waals surface area contributed by atoms with Crippen LogP contribution < -0.4 is 5.32 Å². The summed E-state index contributed by atoms with van der Waals surface area (Å²) in [6.07, 6.45) is 0.986. The minimum atomic E-state index is -0.395. The topological polar surface area (TPSA) is 55.2 Å². The summed E-state index contributed by atoms with van der Waals surface area (Å²) < 4.78 is 0. The van der Waals surface area contributed by atoms with Crippen molar-refractivity contribution in [3.05, 3.63) is 68.7 Å². The number of anilines is 1. The van der Waals surface area contributed by atoms with E-state index in [-0.39, 0.29) is 5.69 Å². The SMILES string of the molecule is CCc1ccc(NCc2cc(Cl)ccc2[N+](=O)[O-])cc1. The molecule has 104 valence electrons. The number of halogens is 1. The molecule has 0 atom stereocenters. The van der Waals surface area contributed by atoms with Gasteiger partial charge in [0, 0.05) is 23.3 Å². The summed E-state index contributed by atoms with van der Waals surface area (Å²) >= 11 is 5.89. The second kappa shape index (κ2) is 6.39. The Bertz CT molecular complexity index is 612. The third kappa shape index (κ3) is 3.48. The van der Waals surface area contributed by atoms with Gasteiger partial charge in [-0.25, -0.2) is 0 Å². The predicted molar refractivity (Wildman–Crippen MR) is 81.3 cm³/mol. The van der Waals surface area contributed by atoms with Gasteiger partial charge < -0.3 is 5.32 Å². The van der Waals surface area contributed by atoms with Crippen molar-refractivity contribution in [2.75, 3.05) is 5.32 Å². The molecule has 2 aromatic carbocycles. The molecule has 0 saturated heterocycles. The highest BCUT2D eigenvalue weighted by Gasteiger charge is 2.13. The zero-order valence-electron chi connectivity index (χ0n) is 11.1. The van der Waals surface area contributed by atoms with E-state index in [0.29, 0.717) is 17.1 Å². The number of nitro benzene ring substituents is 1. The summed E-state index contributed by atoms with van der Waals surface area (Å²) in [4.78, 5) is 10.6. The fourth-order valence-electron chi connectivity index (χ4n) is 1.93. The number of hydrogen-bond donors (Lipinski definition) is 1. The lowest BCUT2D eigenvalue weighted by atomic mass is 10.1. The van der Waals surface area contributed by atoms with Crippen LogP contribution in [0.5, 0.6) is 0 Å². The zero-order chi connectivity index (χ0) is 14.5. The molecule has 0 aliphatic rings. The number of nitrogens with zero attached hydrogens (tertiary/aromatic N) is 1. The molecule has 20 heavy (non-hydrogen) atoms. The highest BCUT2D eigenvalue weighted by molar-refractivity contribution is 6.30. The van der Waals surface area contributed by atoms with Gasteiger partial charge in [-0.05, 0) is 36.2 Å². The first-order valence-electron chi connectivity index (χ1n) is 6.35. The molecule has 1 N–H and O–H groups in total. The van der Waals surface area contributed by atoms with Crippen LogP contribution in [0, 0.1) is 10.1 Å². The Kier molecular flexibility index (Phi) is 4.58. The van der Waals surface area contributed by atoms with Gasteiger partial charge in [-0.2, -0.15) is 0 Å². The molecule has 0 aliphatic heterocycles. The lowest BCUT2D eigenvalue weighted by Gasteiger charge is -2.08. The van der Waals surface area contributed by atoms with E-state index in [1.165, 1.54) is 17.7 Å². The van der Waals surface area contributed by atoms with Gasteiger partial charge in [0.1, 0.15) is 0 Å². The molecule has 0 spiro atoms. The van der Waals surface area contributed by atoms with Crippen LogP contribution in [0.25, 0.3) is 0 Å². The van der Waals surface area contributed by atoms with E-state index in [4.69, 9.17) is 11.6 Å². The number of benzene rings is 2. The molecule has 0 fully saturated rings. The van der Waals surface area contributed by atoms with Crippen molar-refractivity contribution in [2.45, 2.75) is 19.9 Å². The van der Waals surface area contributed by atoms with Crippen molar-refractivity contribution in [3.8, 4) is 0 Å². The van der Waals surface area contributed by atoms with Crippen LogP contribution >= 0.6 is 11.6 Å². The maximum Gasteiger partial charge on any atom is 0.274 e. The maximum atomic E-state index is 11.0. The van der Waals surface area contributed by atoms with Gasteiger partial charge in [0.15, 0.2) is 0 Å².